The van der Waals surface area contributed by atoms with Crippen molar-refractivity contribution in [3.63, 3.8) is 0 Å². The van der Waals surface area contributed by atoms with Crippen LogP contribution in [0.5, 0.6) is 0 Å². The number of hydrogen-bond donors (Lipinski definition) is 2. The largest absolute Gasteiger partial charge is 0.464 e. The van der Waals surface area contributed by atoms with Gasteiger partial charge in [0.15, 0.2) is 10.6 Å². The fourth-order valence-corrected chi connectivity index (χ4v) is 2.77. The van der Waals surface area contributed by atoms with Gasteiger partial charge in [-0.05, 0) is 45.1 Å². The van der Waals surface area contributed by atoms with Crippen LogP contribution in [0.15, 0.2) is 40.8 Å². The molecule has 0 saturated carbocycles. The average Bonchev–Trinajstić information content (AvgIpc) is 3.15. The summed E-state index contributed by atoms with van der Waals surface area (Å²) in [7, 11) is 0. The maximum Gasteiger partial charge on any atom is 0.240 e. The van der Waals surface area contributed by atoms with Gasteiger partial charge in [0.1, 0.15) is 18.1 Å². The van der Waals surface area contributed by atoms with Gasteiger partial charge in [-0.2, -0.15) is 5.10 Å². The molecule has 0 radical (unpaired) electrons. The second-order valence-corrected chi connectivity index (χ2v) is 6.43. The smallest absolute Gasteiger partial charge is 0.240 e. The quantitative estimate of drug-likeness (QED) is 0.684. The van der Waals surface area contributed by atoms with E-state index in [1.54, 1.807) is 4.57 Å². The molecule has 1 amide bonds. The summed E-state index contributed by atoms with van der Waals surface area (Å²) in [5, 5.41) is 9.94. The van der Waals surface area contributed by atoms with Gasteiger partial charge in [0.25, 0.3) is 0 Å². The monoisotopic (exact) mass is 356 g/mol. The van der Waals surface area contributed by atoms with Crippen LogP contribution in [0.25, 0.3) is 11.4 Å². The van der Waals surface area contributed by atoms with E-state index in [0.29, 0.717) is 10.6 Å². The average molecular weight is 356 g/mol. The molecule has 6 nitrogen and oxygen atoms in total. The summed E-state index contributed by atoms with van der Waals surface area (Å²) in [5.74, 6) is 2.02. The van der Waals surface area contributed by atoms with E-state index in [4.69, 9.17) is 16.6 Å². The lowest BCUT2D eigenvalue weighted by molar-refractivity contribution is -0.122. The summed E-state index contributed by atoms with van der Waals surface area (Å²) < 4.78 is 7.65. The fourth-order valence-electron chi connectivity index (χ4n) is 2.58. The van der Waals surface area contributed by atoms with Crippen molar-refractivity contribution in [1.29, 1.82) is 0 Å². The highest BCUT2D eigenvalue weighted by Crippen LogP contribution is 2.19. The zero-order valence-corrected chi connectivity index (χ0v) is 15.2. The van der Waals surface area contributed by atoms with Gasteiger partial charge in [0.05, 0.1) is 6.04 Å². The zero-order valence-electron chi connectivity index (χ0n) is 14.4. The van der Waals surface area contributed by atoms with Crippen LogP contribution in [-0.2, 0) is 11.3 Å². The van der Waals surface area contributed by atoms with Crippen molar-refractivity contribution in [2.24, 2.45) is 0 Å². The van der Waals surface area contributed by atoms with Gasteiger partial charge in [0.2, 0.25) is 5.91 Å². The first-order chi connectivity index (χ1) is 11.9. The van der Waals surface area contributed by atoms with E-state index in [2.05, 4.69) is 15.5 Å². The predicted octanol–water partition coefficient (Wildman–Crippen LogP) is 3.69. The molecule has 2 aromatic heterocycles. The maximum atomic E-state index is 12.4. The van der Waals surface area contributed by atoms with Crippen LogP contribution in [0.4, 0.5) is 0 Å². The number of H-pyrrole nitrogens is 1. The lowest BCUT2D eigenvalue weighted by Crippen LogP contribution is -2.30. The third-order valence-electron chi connectivity index (χ3n) is 3.94. The summed E-state index contributed by atoms with van der Waals surface area (Å²) >= 11 is 5.27. The first-order valence-corrected chi connectivity index (χ1v) is 8.43. The molecule has 25 heavy (non-hydrogen) atoms. The molecule has 0 aliphatic rings. The molecule has 0 aliphatic carbocycles. The Hall–Kier alpha value is -2.67. The zero-order chi connectivity index (χ0) is 18.0. The fraction of sp³-hybridized carbons (Fsp3) is 0.278. The Morgan fingerprint density at radius 3 is 2.64 bits per heavy atom. The van der Waals surface area contributed by atoms with Crippen LogP contribution >= 0.6 is 12.2 Å². The van der Waals surface area contributed by atoms with Crippen molar-refractivity contribution < 1.29 is 9.21 Å². The van der Waals surface area contributed by atoms with Crippen molar-refractivity contribution >= 4 is 18.1 Å². The van der Waals surface area contributed by atoms with Gasteiger partial charge in [-0.1, -0.05) is 29.8 Å². The number of aromatic nitrogens is 3. The Bertz CT molecular complexity index is 937. The van der Waals surface area contributed by atoms with E-state index >= 15 is 0 Å². The number of carbonyl (C=O) groups excluding carboxylic acids is 1. The van der Waals surface area contributed by atoms with Gasteiger partial charge < -0.3 is 9.73 Å². The SMILES string of the molecule is Cc1ccc(-c2n[nH]c(=S)n2CC(=O)NC(C)c2ccc(C)o2)cc1. The van der Waals surface area contributed by atoms with Crippen LogP contribution in [0, 0.1) is 18.6 Å². The lowest BCUT2D eigenvalue weighted by Gasteiger charge is -2.13. The predicted molar refractivity (Wildman–Crippen MR) is 97.6 cm³/mol. The van der Waals surface area contributed by atoms with Gasteiger partial charge in [0, 0.05) is 5.56 Å². The molecule has 1 unspecified atom stereocenters. The van der Waals surface area contributed by atoms with E-state index in [0.717, 1.165) is 22.6 Å². The first-order valence-electron chi connectivity index (χ1n) is 8.02. The highest BCUT2D eigenvalue weighted by Gasteiger charge is 2.16. The van der Waals surface area contributed by atoms with Crippen LogP contribution in [-0.4, -0.2) is 20.7 Å². The molecule has 0 saturated heterocycles. The maximum absolute atomic E-state index is 12.4. The number of nitrogens with one attached hydrogen (secondary N) is 2. The summed E-state index contributed by atoms with van der Waals surface area (Å²) in [6, 6.07) is 11.4. The molecule has 0 fully saturated rings. The van der Waals surface area contributed by atoms with Crippen molar-refractivity contribution in [3.8, 4) is 11.4 Å². The van der Waals surface area contributed by atoms with Crippen molar-refractivity contribution in [2.75, 3.05) is 0 Å². The Kier molecular flexibility index (Phi) is 4.85. The van der Waals surface area contributed by atoms with E-state index in [-0.39, 0.29) is 18.5 Å². The van der Waals surface area contributed by atoms with E-state index < -0.39 is 0 Å². The molecule has 2 heterocycles. The van der Waals surface area contributed by atoms with E-state index in [1.807, 2.05) is 57.2 Å². The second kappa shape index (κ2) is 7.06. The third-order valence-corrected chi connectivity index (χ3v) is 4.25. The van der Waals surface area contributed by atoms with Crippen molar-refractivity contribution in [2.45, 2.75) is 33.4 Å². The molecular weight excluding hydrogens is 336 g/mol. The minimum atomic E-state index is -0.218. The van der Waals surface area contributed by atoms with E-state index in [9.17, 15) is 4.79 Å². The number of aryl methyl sites for hydroxylation is 2. The minimum Gasteiger partial charge on any atom is -0.464 e. The van der Waals surface area contributed by atoms with E-state index in [1.165, 1.54) is 0 Å². The molecule has 130 valence electrons. The number of hydrogen-bond acceptors (Lipinski definition) is 4. The van der Waals surface area contributed by atoms with Crippen molar-refractivity contribution in [3.05, 3.63) is 58.3 Å². The second-order valence-electron chi connectivity index (χ2n) is 6.04. The Morgan fingerprint density at radius 2 is 2.00 bits per heavy atom. The van der Waals surface area contributed by atoms with Gasteiger partial charge >= 0.3 is 0 Å². The number of aromatic amines is 1. The van der Waals surface area contributed by atoms with Crippen LogP contribution < -0.4 is 5.32 Å². The van der Waals surface area contributed by atoms with Gasteiger partial charge in [-0.15, -0.1) is 0 Å². The number of rotatable bonds is 5. The molecule has 3 rings (SSSR count). The normalized spacial score (nSPS) is 12.1. The molecule has 1 aromatic carbocycles. The van der Waals surface area contributed by atoms with Crippen LogP contribution in [0.2, 0.25) is 0 Å². The third kappa shape index (κ3) is 3.88. The molecular formula is C18H20N4O2S. The Balaban J connectivity index is 1.76. The first kappa shape index (κ1) is 17.2. The number of amides is 1. The van der Waals surface area contributed by atoms with Gasteiger partial charge in [-0.25, -0.2) is 0 Å². The molecule has 0 spiro atoms. The summed E-state index contributed by atoms with van der Waals surface area (Å²) in [6.45, 7) is 5.86. The van der Waals surface area contributed by atoms with Gasteiger partial charge in [-0.3, -0.25) is 14.5 Å². The molecule has 3 aromatic rings. The number of nitrogens with zero attached hydrogens (tertiary/aromatic N) is 2. The molecule has 0 bridgehead atoms. The standard InChI is InChI=1S/C18H20N4O2S/c1-11-4-7-14(8-5-11)17-20-21-18(25)22(17)10-16(23)19-13(3)15-9-6-12(2)24-15/h4-9,13H,10H2,1-3H3,(H,19,23)(H,21,25). The minimum absolute atomic E-state index is 0.0859. The summed E-state index contributed by atoms with van der Waals surface area (Å²) in [5.41, 5.74) is 2.06. The molecule has 7 heteroatoms. The highest BCUT2D eigenvalue weighted by molar-refractivity contribution is 7.71. The van der Waals surface area contributed by atoms with Crippen molar-refractivity contribution in [1.82, 2.24) is 20.1 Å². The molecule has 0 aliphatic heterocycles. The Morgan fingerprint density at radius 1 is 1.28 bits per heavy atom. The molecule has 2 N–H and O–H groups in total. The summed E-state index contributed by atoms with van der Waals surface area (Å²) in [4.78, 5) is 12.4. The van der Waals surface area contributed by atoms with Crippen LogP contribution in [0.3, 0.4) is 0 Å². The number of furan rings is 1. The highest BCUT2D eigenvalue weighted by atomic mass is 32.1. The summed E-state index contributed by atoms with van der Waals surface area (Å²) in [6.07, 6.45) is 0. The number of benzene rings is 1. The number of carbonyl (C=O) groups is 1. The topological polar surface area (TPSA) is 75.8 Å². The lowest BCUT2D eigenvalue weighted by atomic mass is 10.1. The molecule has 1 atom stereocenters. The Labute approximate surface area is 150 Å². The van der Waals surface area contributed by atoms with Crippen LogP contribution in [0.1, 0.15) is 30.0 Å².